The van der Waals surface area contributed by atoms with Gasteiger partial charge in [0.1, 0.15) is 11.6 Å². The van der Waals surface area contributed by atoms with E-state index in [4.69, 9.17) is 0 Å². The maximum absolute atomic E-state index is 13.0. The van der Waals surface area contributed by atoms with Crippen LogP contribution in [0.3, 0.4) is 0 Å². The molecule has 3 rings (SSSR count). The second kappa shape index (κ2) is 8.41. The van der Waals surface area contributed by atoms with Crippen LogP contribution in [0.2, 0.25) is 0 Å². The van der Waals surface area contributed by atoms with Gasteiger partial charge in [0.25, 0.3) is 0 Å². The molecule has 2 aromatic carbocycles. The van der Waals surface area contributed by atoms with Crippen molar-refractivity contribution >= 4 is 5.91 Å². The average molecular weight is 358 g/mol. The number of hydrogen-bond donors (Lipinski definition) is 1. The molecule has 1 N–H and O–H groups in total. The Morgan fingerprint density at radius 3 is 2.15 bits per heavy atom. The Hall–Kier alpha value is -2.27. The molecule has 0 bridgehead atoms. The molecule has 0 aliphatic carbocycles. The Morgan fingerprint density at radius 1 is 1.04 bits per heavy atom. The van der Waals surface area contributed by atoms with Crippen molar-refractivity contribution in [1.82, 2.24) is 10.2 Å². The molecule has 0 spiro atoms. The van der Waals surface area contributed by atoms with Crippen molar-refractivity contribution in [1.29, 1.82) is 0 Å². The van der Waals surface area contributed by atoms with Gasteiger partial charge in [0.05, 0.1) is 6.04 Å². The Balaban J connectivity index is 1.47. The van der Waals surface area contributed by atoms with Crippen LogP contribution in [-0.4, -0.2) is 23.9 Å². The van der Waals surface area contributed by atoms with Crippen molar-refractivity contribution < 1.29 is 13.6 Å². The Kier molecular flexibility index (Phi) is 5.99. The molecule has 1 amide bonds. The molecule has 1 fully saturated rings. The average Bonchev–Trinajstić information content (AvgIpc) is 2.64. The number of nitrogens with zero attached hydrogens (tertiary/aromatic N) is 1. The van der Waals surface area contributed by atoms with E-state index in [1.54, 1.807) is 24.3 Å². The summed E-state index contributed by atoms with van der Waals surface area (Å²) < 4.78 is 26.0. The lowest BCUT2D eigenvalue weighted by molar-refractivity contribution is -0.127. The Labute approximate surface area is 153 Å². The highest BCUT2D eigenvalue weighted by Crippen LogP contribution is 2.21. The predicted molar refractivity (Wildman–Crippen MR) is 97.4 cm³/mol. The molecule has 1 heterocycles. The third kappa shape index (κ3) is 4.88. The molecule has 0 radical (unpaired) electrons. The van der Waals surface area contributed by atoms with Crippen molar-refractivity contribution in [3.05, 3.63) is 71.3 Å². The van der Waals surface area contributed by atoms with Crippen LogP contribution in [-0.2, 0) is 11.3 Å². The number of rotatable bonds is 5. The van der Waals surface area contributed by atoms with E-state index in [0.29, 0.717) is 0 Å². The molecule has 0 saturated carbocycles. The van der Waals surface area contributed by atoms with Crippen molar-refractivity contribution in [2.24, 2.45) is 5.92 Å². The normalized spacial score (nSPS) is 17.0. The summed E-state index contributed by atoms with van der Waals surface area (Å²) in [6.07, 6.45) is 1.62. The quantitative estimate of drug-likeness (QED) is 0.874. The third-order valence-corrected chi connectivity index (χ3v) is 5.01. The maximum atomic E-state index is 13.0. The number of piperidine rings is 1. The van der Waals surface area contributed by atoms with Crippen LogP contribution >= 0.6 is 0 Å². The Morgan fingerprint density at radius 2 is 1.58 bits per heavy atom. The lowest BCUT2D eigenvalue weighted by Crippen LogP contribution is -2.40. The van der Waals surface area contributed by atoms with E-state index in [-0.39, 0.29) is 29.5 Å². The van der Waals surface area contributed by atoms with Gasteiger partial charge in [-0.3, -0.25) is 9.69 Å². The summed E-state index contributed by atoms with van der Waals surface area (Å²) in [5.74, 6) is -0.439. The molecule has 1 aliphatic heterocycles. The van der Waals surface area contributed by atoms with Gasteiger partial charge in [-0.25, -0.2) is 8.78 Å². The number of carbonyl (C=O) groups is 1. The van der Waals surface area contributed by atoms with Gasteiger partial charge in [0.15, 0.2) is 0 Å². The number of benzene rings is 2. The minimum absolute atomic E-state index is 0.00219. The smallest absolute Gasteiger partial charge is 0.223 e. The number of nitrogens with one attached hydrogen (secondary N) is 1. The molecule has 2 aromatic rings. The van der Waals surface area contributed by atoms with Crippen LogP contribution in [0.4, 0.5) is 8.78 Å². The molecule has 0 aromatic heterocycles. The predicted octanol–water partition coefficient (Wildman–Crippen LogP) is 4.05. The highest BCUT2D eigenvalue weighted by molar-refractivity contribution is 5.79. The number of likely N-dealkylation sites (tertiary alicyclic amines) is 1. The van der Waals surface area contributed by atoms with E-state index in [1.165, 1.54) is 24.3 Å². The first-order valence-corrected chi connectivity index (χ1v) is 9.04. The number of hydrogen-bond acceptors (Lipinski definition) is 2. The van der Waals surface area contributed by atoms with Crippen LogP contribution < -0.4 is 5.32 Å². The zero-order valence-corrected chi connectivity index (χ0v) is 14.9. The minimum atomic E-state index is -0.277. The third-order valence-electron chi connectivity index (χ3n) is 5.01. The Bertz CT molecular complexity index is 723. The first-order chi connectivity index (χ1) is 12.5. The van der Waals surface area contributed by atoms with Crippen molar-refractivity contribution in [3.63, 3.8) is 0 Å². The van der Waals surface area contributed by atoms with Crippen molar-refractivity contribution in [2.75, 3.05) is 13.1 Å². The number of amides is 1. The largest absolute Gasteiger partial charge is 0.349 e. The molecular formula is C21H24F2N2O. The second-order valence-electron chi connectivity index (χ2n) is 6.96. The summed E-state index contributed by atoms with van der Waals surface area (Å²) >= 11 is 0. The van der Waals surface area contributed by atoms with Gasteiger partial charge in [-0.15, -0.1) is 0 Å². The first kappa shape index (κ1) is 18.5. The van der Waals surface area contributed by atoms with Crippen molar-refractivity contribution in [2.45, 2.75) is 32.4 Å². The summed E-state index contributed by atoms with van der Waals surface area (Å²) in [5, 5.41) is 3.03. The summed E-state index contributed by atoms with van der Waals surface area (Å²) in [7, 11) is 0. The lowest BCUT2D eigenvalue weighted by Gasteiger charge is -2.32. The zero-order valence-electron chi connectivity index (χ0n) is 14.9. The fraction of sp³-hybridized carbons (Fsp3) is 0.381. The van der Waals surface area contributed by atoms with Crippen LogP contribution in [0.5, 0.6) is 0 Å². The molecular weight excluding hydrogens is 334 g/mol. The number of carbonyl (C=O) groups excluding carboxylic acids is 1. The lowest BCUT2D eigenvalue weighted by atomic mass is 9.95. The SMILES string of the molecule is CC(NC(=O)C1CCN(Cc2ccc(F)cc2)CC1)c1ccc(F)cc1. The summed E-state index contributed by atoms with van der Waals surface area (Å²) in [6, 6.07) is 12.6. The van der Waals surface area contributed by atoms with E-state index in [9.17, 15) is 13.6 Å². The van der Waals surface area contributed by atoms with E-state index in [2.05, 4.69) is 10.2 Å². The molecule has 5 heteroatoms. The summed E-state index contributed by atoms with van der Waals surface area (Å²) in [5.41, 5.74) is 1.98. The second-order valence-corrected chi connectivity index (χ2v) is 6.96. The van der Waals surface area contributed by atoms with Crippen molar-refractivity contribution in [3.8, 4) is 0 Å². The molecule has 138 valence electrons. The van der Waals surface area contributed by atoms with Gasteiger partial charge >= 0.3 is 0 Å². The highest BCUT2D eigenvalue weighted by atomic mass is 19.1. The topological polar surface area (TPSA) is 32.3 Å². The van der Waals surface area contributed by atoms with Crippen LogP contribution in [0.15, 0.2) is 48.5 Å². The highest BCUT2D eigenvalue weighted by Gasteiger charge is 2.26. The fourth-order valence-corrected chi connectivity index (χ4v) is 3.37. The minimum Gasteiger partial charge on any atom is -0.349 e. The molecule has 26 heavy (non-hydrogen) atoms. The molecule has 1 unspecified atom stereocenters. The molecule has 3 nitrogen and oxygen atoms in total. The van der Waals surface area contributed by atoms with Gasteiger partial charge in [-0.1, -0.05) is 24.3 Å². The molecule has 1 saturated heterocycles. The van der Waals surface area contributed by atoms with E-state index in [0.717, 1.165) is 43.6 Å². The van der Waals surface area contributed by atoms with Gasteiger partial charge in [0, 0.05) is 12.5 Å². The number of halogens is 2. The molecule has 1 aliphatic rings. The standard InChI is InChI=1S/C21H24F2N2O/c1-15(17-4-8-20(23)9-5-17)24-21(26)18-10-12-25(13-11-18)14-16-2-6-19(22)7-3-16/h2-9,15,18H,10-14H2,1H3,(H,24,26). The summed E-state index contributed by atoms with van der Waals surface area (Å²) in [4.78, 5) is 14.8. The van der Waals surface area contributed by atoms with Gasteiger partial charge in [-0.2, -0.15) is 0 Å². The first-order valence-electron chi connectivity index (χ1n) is 9.04. The van der Waals surface area contributed by atoms with Gasteiger partial charge < -0.3 is 5.32 Å². The van der Waals surface area contributed by atoms with Gasteiger partial charge in [0.2, 0.25) is 5.91 Å². The zero-order chi connectivity index (χ0) is 18.5. The van der Waals surface area contributed by atoms with E-state index >= 15 is 0 Å². The van der Waals surface area contributed by atoms with Gasteiger partial charge in [-0.05, 0) is 68.2 Å². The van der Waals surface area contributed by atoms with E-state index in [1.807, 2.05) is 6.92 Å². The maximum Gasteiger partial charge on any atom is 0.223 e. The van der Waals surface area contributed by atoms with Crippen LogP contribution in [0, 0.1) is 17.6 Å². The monoisotopic (exact) mass is 358 g/mol. The fourth-order valence-electron chi connectivity index (χ4n) is 3.37. The van der Waals surface area contributed by atoms with Crippen LogP contribution in [0.1, 0.15) is 36.9 Å². The van der Waals surface area contributed by atoms with E-state index < -0.39 is 0 Å². The summed E-state index contributed by atoms with van der Waals surface area (Å²) in [6.45, 7) is 4.39. The molecule has 1 atom stereocenters. The van der Waals surface area contributed by atoms with Crippen LogP contribution in [0.25, 0.3) is 0 Å².